The number of aromatic nitrogens is 4. The molecule has 2 aromatic heterocycles. The minimum absolute atomic E-state index is 0.0273. The third-order valence-electron chi connectivity index (χ3n) is 3.90. The van der Waals surface area contributed by atoms with Crippen molar-refractivity contribution >= 4 is 11.3 Å². The van der Waals surface area contributed by atoms with E-state index in [1.165, 1.54) is 12.1 Å². The zero-order valence-electron chi connectivity index (χ0n) is 12.9. The Morgan fingerprint density at radius 3 is 3.21 bits per heavy atom. The lowest BCUT2D eigenvalue weighted by Gasteiger charge is -2.24. The Morgan fingerprint density at radius 1 is 1.42 bits per heavy atom. The van der Waals surface area contributed by atoms with Gasteiger partial charge in [0.2, 0.25) is 0 Å². The molecule has 0 amide bonds. The Kier molecular flexibility index (Phi) is 4.33. The first-order valence-electron chi connectivity index (χ1n) is 7.68. The van der Waals surface area contributed by atoms with Crippen LogP contribution in [0.4, 0.5) is 4.39 Å². The average Bonchev–Trinajstić information content (AvgIpc) is 3.24. The Morgan fingerprint density at radius 2 is 2.38 bits per heavy atom. The summed E-state index contributed by atoms with van der Waals surface area (Å²) in [7, 11) is 0. The highest BCUT2D eigenvalue weighted by atomic mass is 32.1. The van der Waals surface area contributed by atoms with Gasteiger partial charge in [-0.1, -0.05) is 17.3 Å². The second kappa shape index (κ2) is 6.76. The number of halogens is 1. The number of hydrogen-bond acceptors (Lipinski definition) is 6. The second-order valence-electron chi connectivity index (χ2n) is 5.57. The van der Waals surface area contributed by atoms with Crippen molar-refractivity contribution in [2.24, 2.45) is 0 Å². The van der Waals surface area contributed by atoms with Crippen molar-refractivity contribution in [3.63, 3.8) is 0 Å². The van der Waals surface area contributed by atoms with Gasteiger partial charge in [0.1, 0.15) is 16.5 Å². The Balaban J connectivity index is 1.41. The number of thiazole rings is 1. The summed E-state index contributed by atoms with van der Waals surface area (Å²) in [6.45, 7) is 2.50. The highest BCUT2D eigenvalue weighted by Gasteiger charge is 2.24. The number of fused-ring (bicyclic) bond motifs is 1. The first kappa shape index (κ1) is 15.4. The van der Waals surface area contributed by atoms with Gasteiger partial charge in [0.05, 0.1) is 24.9 Å². The summed E-state index contributed by atoms with van der Waals surface area (Å²) in [5.41, 5.74) is 2.29. The molecule has 3 aromatic rings. The molecule has 124 valence electrons. The summed E-state index contributed by atoms with van der Waals surface area (Å²) in [6.07, 6.45) is 1.83. The molecule has 1 aliphatic heterocycles. The molecule has 1 atom stereocenters. The number of nitrogens with one attached hydrogen (secondary N) is 1. The molecule has 0 saturated heterocycles. The predicted molar refractivity (Wildman–Crippen MR) is 87.8 cm³/mol. The van der Waals surface area contributed by atoms with Crippen LogP contribution in [-0.2, 0) is 24.4 Å². The monoisotopic (exact) mass is 345 g/mol. The van der Waals surface area contributed by atoms with Crippen molar-refractivity contribution in [2.45, 2.75) is 25.8 Å². The molecule has 1 N–H and O–H groups in total. The number of benzene rings is 1. The van der Waals surface area contributed by atoms with Crippen LogP contribution in [0.5, 0.6) is 0 Å². The molecule has 6 nitrogen and oxygen atoms in total. The normalized spacial score (nSPS) is 17.0. The van der Waals surface area contributed by atoms with E-state index in [9.17, 15) is 4.39 Å². The number of nitrogens with zero attached hydrogens (tertiary/aromatic N) is 4. The van der Waals surface area contributed by atoms with Gasteiger partial charge in [-0.2, -0.15) is 0 Å². The molecule has 0 bridgehead atoms. The first-order chi connectivity index (χ1) is 11.8. The van der Waals surface area contributed by atoms with Crippen LogP contribution in [0.15, 0.2) is 35.8 Å². The van der Waals surface area contributed by atoms with Gasteiger partial charge in [0, 0.05) is 30.2 Å². The van der Waals surface area contributed by atoms with Crippen LogP contribution in [0.3, 0.4) is 0 Å². The molecule has 1 aliphatic rings. The van der Waals surface area contributed by atoms with E-state index in [0.717, 1.165) is 22.8 Å². The molecule has 0 spiro atoms. The molecule has 0 fully saturated rings. The number of ether oxygens (including phenoxy) is 1. The molecule has 1 aromatic carbocycles. The van der Waals surface area contributed by atoms with E-state index in [1.807, 2.05) is 16.1 Å². The molecule has 24 heavy (non-hydrogen) atoms. The van der Waals surface area contributed by atoms with Gasteiger partial charge >= 0.3 is 0 Å². The third-order valence-corrected chi connectivity index (χ3v) is 4.68. The molecule has 0 aliphatic carbocycles. The Bertz CT molecular complexity index is 820. The van der Waals surface area contributed by atoms with Crippen molar-refractivity contribution in [1.82, 2.24) is 25.3 Å². The zero-order chi connectivity index (χ0) is 16.4. The average molecular weight is 345 g/mol. The largest absolute Gasteiger partial charge is 0.369 e. The molecule has 8 heteroatoms. The van der Waals surface area contributed by atoms with Crippen LogP contribution in [0, 0.1) is 5.82 Å². The number of rotatable bonds is 5. The van der Waals surface area contributed by atoms with Crippen LogP contribution in [0.2, 0.25) is 0 Å². The predicted octanol–water partition coefficient (Wildman–Crippen LogP) is 2.23. The smallest absolute Gasteiger partial charge is 0.123 e. The quantitative estimate of drug-likeness (QED) is 0.768. The SMILES string of the molecule is Fc1cccc(-c2nnn3c2COC(CNCc2nccs2)C3)c1. The van der Waals surface area contributed by atoms with Gasteiger partial charge in [0.15, 0.2) is 0 Å². The summed E-state index contributed by atoms with van der Waals surface area (Å²) in [4.78, 5) is 4.24. The molecule has 4 rings (SSSR count). The van der Waals surface area contributed by atoms with Crippen LogP contribution < -0.4 is 5.32 Å². The first-order valence-corrected chi connectivity index (χ1v) is 8.56. The van der Waals surface area contributed by atoms with Crippen LogP contribution in [-0.4, -0.2) is 32.6 Å². The number of hydrogen-bond donors (Lipinski definition) is 1. The lowest BCUT2D eigenvalue weighted by Crippen LogP contribution is -2.36. The topological polar surface area (TPSA) is 64.9 Å². The van der Waals surface area contributed by atoms with Crippen LogP contribution in [0.1, 0.15) is 10.7 Å². The highest BCUT2D eigenvalue weighted by molar-refractivity contribution is 7.09. The van der Waals surface area contributed by atoms with Gasteiger partial charge < -0.3 is 10.1 Å². The molecular formula is C16H16FN5OS. The zero-order valence-corrected chi connectivity index (χ0v) is 13.7. The molecule has 0 radical (unpaired) electrons. The van der Waals surface area contributed by atoms with E-state index in [1.54, 1.807) is 23.6 Å². The van der Waals surface area contributed by atoms with E-state index in [-0.39, 0.29) is 11.9 Å². The van der Waals surface area contributed by atoms with Crippen molar-refractivity contribution in [2.75, 3.05) is 6.54 Å². The summed E-state index contributed by atoms with van der Waals surface area (Å²) in [5.74, 6) is -0.282. The second-order valence-corrected chi connectivity index (χ2v) is 6.55. The van der Waals surface area contributed by atoms with Crippen molar-refractivity contribution in [3.05, 3.63) is 52.4 Å². The van der Waals surface area contributed by atoms with Crippen LogP contribution in [0.25, 0.3) is 11.3 Å². The maximum absolute atomic E-state index is 13.4. The van der Waals surface area contributed by atoms with Crippen molar-refractivity contribution in [3.8, 4) is 11.3 Å². The maximum Gasteiger partial charge on any atom is 0.123 e. The van der Waals surface area contributed by atoms with E-state index < -0.39 is 0 Å². The van der Waals surface area contributed by atoms with E-state index >= 15 is 0 Å². The van der Waals surface area contributed by atoms with E-state index in [2.05, 4.69) is 20.6 Å². The Hall–Kier alpha value is -2.16. The standard InChI is InChI=1S/C16H16FN5OS/c17-12-3-1-2-11(6-12)16-14-10-23-13(9-22(14)21-20-16)7-18-8-15-19-4-5-24-15/h1-6,13,18H,7-10H2. The summed E-state index contributed by atoms with van der Waals surface area (Å²) < 4.78 is 21.2. The fraction of sp³-hybridized carbons (Fsp3) is 0.312. The van der Waals surface area contributed by atoms with Gasteiger partial charge in [-0.25, -0.2) is 14.1 Å². The van der Waals surface area contributed by atoms with Gasteiger partial charge in [-0.15, -0.1) is 16.4 Å². The van der Waals surface area contributed by atoms with Crippen molar-refractivity contribution in [1.29, 1.82) is 0 Å². The summed E-state index contributed by atoms with van der Waals surface area (Å²) in [6, 6.07) is 6.38. The lowest BCUT2D eigenvalue weighted by molar-refractivity contribution is 0.00125. The minimum atomic E-state index is -0.282. The van der Waals surface area contributed by atoms with Gasteiger partial charge in [-0.05, 0) is 12.1 Å². The summed E-state index contributed by atoms with van der Waals surface area (Å²) in [5, 5.41) is 14.8. The molecule has 1 unspecified atom stereocenters. The third kappa shape index (κ3) is 3.21. The lowest BCUT2D eigenvalue weighted by atomic mass is 10.1. The fourth-order valence-corrected chi connectivity index (χ4v) is 3.31. The molecule has 3 heterocycles. The highest BCUT2D eigenvalue weighted by Crippen LogP contribution is 2.25. The van der Waals surface area contributed by atoms with Crippen LogP contribution >= 0.6 is 11.3 Å². The molecule has 0 saturated carbocycles. The Labute approximate surface area is 142 Å². The summed E-state index contributed by atoms with van der Waals surface area (Å²) >= 11 is 1.63. The van der Waals surface area contributed by atoms with E-state index in [0.29, 0.717) is 25.4 Å². The maximum atomic E-state index is 13.4. The van der Waals surface area contributed by atoms with Gasteiger partial charge in [-0.3, -0.25) is 0 Å². The fourth-order valence-electron chi connectivity index (χ4n) is 2.73. The molecular weight excluding hydrogens is 329 g/mol. The van der Waals surface area contributed by atoms with Crippen molar-refractivity contribution < 1.29 is 9.13 Å². The van der Waals surface area contributed by atoms with Gasteiger partial charge in [0.25, 0.3) is 0 Å². The minimum Gasteiger partial charge on any atom is -0.369 e. The van der Waals surface area contributed by atoms with E-state index in [4.69, 9.17) is 4.74 Å².